The van der Waals surface area contributed by atoms with Crippen molar-refractivity contribution in [2.75, 3.05) is 19.6 Å². The van der Waals surface area contributed by atoms with E-state index in [1.807, 2.05) is 0 Å². The molecule has 0 aliphatic carbocycles. The smallest absolute Gasteiger partial charge is 0.292 e. The molecule has 1 rings (SSSR count). The largest absolute Gasteiger partial charge is 0.401 e. The van der Waals surface area contributed by atoms with Gasteiger partial charge in [0.25, 0.3) is 0 Å². The van der Waals surface area contributed by atoms with Gasteiger partial charge in [0.1, 0.15) is 0 Å². The van der Waals surface area contributed by atoms with Crippen LogP contribution in [0.3, 0.4) is 0 Å². The van der Waals surface area contributed by atoms with Gasteiger partial charge in [-0.15, -0.1) is 0 Å². The van der Waals surface area contributed by atoms with Crippen LogP contribution < -0.4 is 0 Å². The molecule has 1 aliphatic heterocycles. The summed E-state index contributed by atoms with van der Waals surface area (Å²) in [5.74, 6) is 0. The lowest BCUT2D eigenvalue weighted by molar-refractivity contribution is -0.134. The van der Waals surface area contributed by atoms with Crippen molar-refractivity contribution in [3.8, 4) is 0 Å². The maximum Gasteiger partial charge on any atom is 0.401 e. The number of hydrogen-bond donors (Lipinski definition) is 0. The van der Waals surface area contributed by atoms with Crippen molar-refractivity contribution in [2.24, 2.45) is 0 Å². The van der Waals surface area contributed by atoms with Crippen LogP contribution in [0.4, 0.5) is 13.2 Å². The number of hydrogen-bond acceptors (Lipinski definition) is 1. The Balaban J connectivity index is 2.16. The quantitative estimate of drug-likeness (QED) is 0.470. The molecule has 4 heteroatoms. The van der Waals surface area contributed by atoms with E-state index in [9.17, 15) is 13.2 Å². The molecular formula is C4H6F3N. The van der Waals surface area contributed by atoms with Gasteiger partial charge < -0.3 is 0 Å². The van der Waals surface area contributed by atoms with Crippen LogP contribution in [0.1, 0.15) is 0 Å². The number of rotatable bonds is 1. The third-order valence-electron chi connectivity index (χ3n) is 0.943. The predicted octanol–water partition coefficient (Wildman–Crippen LogP) is 0.864. The highest BCUT2D eigenvalue weighted by atomic mass is 19.4. The Kier molecular flexibility index (Phi) is 1.19. The molecule has 0 aromatic heterocycles. The molecule has 0 aromatic rings. The summed E-state index contributed by atoms with van der Waals surface area (Å²) < 4.78 is 33.9. The molecule has 0 atom stereocenters. The molecule has 8 heavy (non-hydrogen) atoms. The van der Waals surface area contributed by atoms with Crippen molar-refractivity contribution in [1.82, 2.24) is 4.90 Å². The molecule has 1 nitrogen and oxygen atoms in total. The van der Waals surface area contributed by atoms with Crippen LogP contribution in [-0.2, 0) is 0 Å². The van der Waals surface area contributed by atoms with Crippen LogP contribution in [-0.4, -0.2) is 30.7 Å². The van der Waals surface area contributed by atoms with Gasteiger partial charge in [-0.05, 0) is 0 Å². The molecule has 0 spiro atoms. The second-order valence-corrected chi connectivity index (χ2v) is 1.89. The molecule has 1 aliphatic rings. The summed E-state index contributed by atoms with van der Waals surface area (Å²) in [6, 6.07) is 0. The molecule has 0 unspecified atom stereocenters. The van der Waals surface area contributed by atoms with Gasteiger partial charge in [0.2, 0.25) is 0 Å². The van der Waals surface area contributed by atoms with Crippen molar-refractivity contribution in [1.29, 1.82) is 0 Å². The lowest BCUT2D eigenvalue weighted by Gasteiger charge is -2.03. The summed E-state index contributed by atoms with van der Waals surface area (Å²) in [7, 11) is 0. The van der Waals surface area contributed by atoms with E-state index in [0.29, 0.717) is 13.1 Å². The first-order valence-corrected chi connectivity index (χ1v) is 2.37. The van der Waals surface area contributed by atoms with E-state index in [2.05, 4.69) is 0 Å². The number of halogens is 3. The summed E-state index contributed by atoms with van der Waals surface area (Å²) in [6.07, 6.45) is -3.99. The van der Waals surface area contributed by atoms with Gasteiger partial charge in [-0.3, -0.25) is 4.90 Å². The molecular weight excluding hydrogens is 119 g/mol. The Morgan fingerprint density at radius 1 is 1.25 bits per heavy atom. The maximum absolute atomic E-state index is 11.3. The Bertz CT molecular complexity index is 83.8. The third kappa shape index (κ3) is 2.16. The van der Waals surface area contributed by atoms with E-state index in [-0.39, 0.29) is 0 Å². The molecule has 0 saturated carbocycles. The average Bonchev–Trinajstić information content (AvgIpc) is 2.12. The summed E-state index contributed by atoms with van der Waals surface area (Å²) in [4.78, 5) is 1.33. The predicted molar refractivity (Wildman–Crippen MR) is 22.5 cm³/mol. The minimum atomic E-state index is -3.99. The van der Waals surface area contributed by atoms with Gasteiger partial charge in [-0.1, -0.05) is 0 Å². The average molecular weight is 125 g/mol. The van der Waals surface area contributed by atoms with Crippen molar-refractivity contribution >= 4 is 0 Å². The van der Waals surface area contributed by atoms with E-state index in [0.717, 1.165) is 0 Å². The third-order valence-corrected chi connectivity index (χ3v) is 0.943. The highest BCUT2D eigenvalue weighted by Gasteiger charge is 2.34. The van der Waals surface area contributed by atoms with E-state index in [4.69, 9.17) is 0 Å². The Labute approximate surface area is 45.1 Å². The van der Waals surface area contributed by atoms with Gasteiger partial charge in [-0.25, -0.2) is 0 Å². The van der Waals surface area contributed by atoms with Gasteiger partial charge in [0.05, 0.1) is 6.54 Å². The molecule has 0 aromatic carbocycles. The monoisotopic (exact) mass is 125 g/mol. The zero-order chi connectivity index (χ0) is 6.20. The van der Waals surface area contributed by atoms with Crippen molar-refractivity contribution < 1.29 is 13.2 Å². The normalized spacial score (nSPS) is 21.4. The first-order chi connectivity index (χ1) is 3.58. The Morgan fingerprint density at radius 2 is 1.75 bits per heavy atom. The summed E-state index contributed by atoms with van der Waals surface area (Å²) in [6.45, 7) is 0.492. The summed E-state index contributed by atoms with van der Waals surface area (Å²) in [5, 5.41) is 0. The topological polar surface area (TPSA) is 3.01 Å². The first kappa shape index (κ1) is 5.88. The van der Waals surface area contributed by atoms with Gasteiger partial charge in [0, 0.05) is 13.1 Å². The van der Waals surface area contributed by atoms with E-state index >= 15 is 0 Å². The van der Waals surface area contributed by atoms with Crippen LogP contribution in [0.25, 0.3) is 0 Å². The minimum absolute atomic E-state index is 0.611. The van der Waals surface area contributed by atoms with Crippen LogP contribution in [0, 0.1) is 0 Å². The highest BCUT2D eigenvalue weighted by molar-refractivity contribution is 4.74. The molecule has 0 amide bonds. The van der Waals surface area contributed by atoms with Gasteiger partial charge >= 0.3 is 6.18 Å². The first-order valence-electron chi connectivity index (χ1n) is 2.37. The lowest BCUT2D eigenvalue weighted by atomic mass is 10.6. The fourth-order valence-electron chi connectivity index (χ4n) is 0.482. The van der Waals surface area contributed by atoms with Crippen molar-refractivity contribution in [3.63, 3.8) is 0 Å². The fraction of sp³-hybridized carbons (Fsp3) is 1.00. The Hall–Kier alpha value is -0.250. The zero-order valence-corrected chi connectivity index (χ0v) is 4.20. The molecule has 0 radical (unpaired) electrons. The molecule has 48 valence electrons. The van der Waals surface area contributed by atoms with E-state index in [1.54, 1.807) is 0 Å². The molecule has 0 N–H and O–H groups in total. The van der Waals surface area contributed by atoms with Crippen LogP contribution >= 0.6 is 0 Å². The second kappa shape index (κ2) is 1.62. The summed E-state index contributed by atoms with van der Waals surface area (Å²) in [5.41, 5.74) is 0. The highest BCUT2D eigenvalue weighted by Crippen LogP contribution is 2.19. The van der Waals surface area contributed by atoms with Crippen LogP contribution in [0.15, 0.2) is 0 Å². The van der Waals surface area contributed by atoms with E-state index < -0.39 is 12.7 Å². The fourth-order valence-corrected chi connectivity index (χ4v) is 0.482. The lowest BCUT2D eigenvalue weighted by Crippen LogP contribution is -2.20. The summed E-state index contributed by atoms with van der Waals surface area (Å²) >= 11 is 0. The van der Waals surface area contributed by atoms with E-state index in [1.165, 1.54) is 4.90 Å². The van der Waals surface area contributed by atoms with Crippen LogP contribution in [0.2, 0.25) is 0 Å². The van der Waals surface area contributed by atoms with Crippen LogP contribution in [0.5, 0.6) is 0 Å². The van der Waals surface area contributed by atoms with Gasteiger partial charge in [0.15, 0.2) is 0 Å². The zero-order valence-electron chi connectivity index (χ0n) is 4.20. The molecule has 0 bridgehead atoms. The molecule has 1 heterocycles. The maximum atomic E-state index is 11.3. The molecule has 1 saturated heterocycles. The Morgan fingerprint density at radius 3 is 1.88 bits per heavy atom. The van der Waals surface area contributed by atoms with Gasteiger partial charge in [-0.2, -0.15) is 13.2 Å². The second-order valence-electron chi connectivity index (χ2n) is 1.89. The minimum Gasteiger partial charge on any atom is -0.292 e. The molecule has 1 fully saturated rings. The number of nitrogens with zero attached hydrogens (tertiary/aromatic N) is 1. The number of alkyl halides is 3. The standard InChI is InChI=1S/C4H6F3N/c5-4(6,7)3-8-1-2-8/h1-3H2. The SMILES string of the molecule is FC(F)(F)CN1CC1. The van der Waals surface area contributed by atoms with Crippen molar-refractivity contribution in [2.45, 2.75) is 6.18 Å². The van der Waals surface area contributed by atoms with Crippen molar-refractivity contribution in [3.05, 3.63) is 0 Å².